The summed E-state index contributed by atoms with van der Waals surface area (Å²) in [6, 6.07) is 11.0. The minimum Gasteiger partial charge on any atom is -0.384 e. The fourth-order valence-corrected chi connectivity index (χ4v) is 3.20. The Morgan fingerprint density at radius 3 is 2.88 bits per heavy atom. The lowest BCUT2D eigenvalue weighted by atomic mass is 10.1. The second kappa shape index (κ2) is 6.14. The molecule has 6 nitrogen and oxygen atoms in total. The van der Waals surface area contributed by atoms with Crippen LogP contribution in [0.4, 0.5) is 17.2 Å². The molecule has 3 heterocycles. The number of fused-ring (bicyclic) bond motifs is 1. The number of hydrogen-bond donors (Lipinski definition) is 4. The van der Waals surface area contributed by atoms with Crippen molar-refractivity contribution in [3.63, 3.8) is 0 Å². The average Bonchev–Trinajstić information content (AvgIpc) is 2.97. The molecule has 1 amide bonds. The van der Waals surface area contributed by atoms with Gasteiger partial charge in [0.15, 0.2) is 0 Å². The lowest BCUT2D eigenvalue weighted by Gasteiger charge is -2.15. The Labute approximate surface area is 149 Å². The van der Waals surface area contributed by atoms with Crippen LogP contribution >= 0.6 is 11.6 Å². The zero-order valence-corrected chi connectivity index (χ0v) is 14.0. The molecule has 5 N–H and O–H groups in total. The van der Waals surface area contributed by atoms with Gasteiger partial charge in [-0.05, 0) is 24.3 Å². The average molecular weight is 354 g/mol. The van der Waals surface area contributed by atoms with Gasteiger partial charge < -0.3 is 21.4 Å². The number of H-pyrrole nitrogens is 1. The van der Waals surface area contributed by atoms with Crippen LogP contribution in [-0.2, 0) is 6.42 Å². The van der Waals surface area contributed by atoms with Gasteiger partial charge in [0.05, 0.1) is 27.7 Å². The first-order valence-corrected chi connectivity index (χ1v) is 8.28. The van der Waals surface area contributed by atoms with Gasteiger partial charge in [0.1, 0.15) is 5.82 Å². The Morgan fingerprint density at radius 2 is 2.08 bits per heavy atom. The number of hydrogen-bond acceptors (Lipinski definition) is 4. The molecule has 4 rings (SSSR count). The van der Waals surface area contributed by atoms with Crippen LogP contribution in [0.3, 0.4) is 0 Å². The molecule has 0 saturated heterocycles. The summed E-state index contributed by atoms with van der Waals surface area (Å²) in [5, 5.41) is 6.78. The van der Waals surface area contributed by atoms with Crippen LogP contribution in [-0.4, -0.2) is 22.4 Å². The maximum atomic E-state index is 12.5. The first-order chi connectivity index (χ1) is 12.1. The van der Waals surface area contributed by atoms with Gasteiger partial charge in [0.2, 0.25) is 0 Å². The second-order valence-corrected chi connectivity index (χ2v) is 6.22. The lowest BCUT2D eigenvalue weighted by molar-refractivity contribution is 0.0947. The predicted molar refractivity (Wildman–Crippen MR) is 99.2 cm³/mol. The van der Waals surface area contributed by atoms with Crippen molar-refractivity contribution in [3.05, 3.63) is 58.9 Å². The third-order valence-electron chi connectivity index (χ3n) is 4.17. The summed E-state index contributed by atoms with van der Waals surface area (Å²) in [7, 11) is 0. The second-order valence-electron chi connectivity index (χ2n) is 5.81. The SMILES string of the molecule is Nc1cc(-c2[nH]c3c(c2Nc2ccccc2Cl)C(=O)NCC3)ccn1. The zero-order chi connectivity index (χ0) is 17.4. The number of nitrogen functional groups attached to an aromatic ring is 1. The van der Waals surface area contributed by atoms with Crippen molar-refractivity contribution in [2.24, 2.45) is 0 Å². The van der Waals surface area contributed by atoms with Crippen molar-refractivity contribution in [3.8, 4) is 11.3 Å². The number of aromatic amines is 1. The number of amides is 1. The molecule has 0 atom stereocenters. The van der Waals surface area contributed by atoms with Crippen LogP contribution in [0, 0.1) is 0 Å². The Kier molecular flexibility index (Phi) is 3.82. The number of anilines is 3. The number of nitrogens with zero attached hydrogens (tertiary/aromatic N) is 1. The molecule has 1 aliphatic rings. The topological polar surface area (TPSA) is 95.8 Å². The molecular formula is C18H16ClN5O. The predicted octanol–water partition coefficient (Wildman–Crippen LogP) is 3.34. The minimum atomic E-state index is -0.111. The molecule has 0 aliphatic carbocycles. The van der Waals surface area contributed by atoms with E-state index >= 15 is 0 Å². The van der Waals surface area contributed by atoms with Gasteiger partial charge in [0.25, 0.3) is 5.91 Å². The van der Waals surface area contributed by atoms with Crippen molar-refractivity contribution in [1.82, 2.24) is 15.3 Å². The molecule has 0 radical (unpaired) electrons. The quantitative estimate of drug-likeness (QED) is 0.580. The summed E-state index contributed by atoms with van der Waals surface area (Å²) in [5.74, 6) is 0.304. The first-order valence-electron chi connectivity index (χ1n) is 7.90. The van der Waals surface area contributed by atoms with Gasteiger partial charge in [-0.25, -0.2) is 4.98 Å². The van der Waals surface area contributed by atoms with Crippen LogP contribution < -0.4 is 16.4 Å². The number of aromatic nitrogens is 2. The van der Waals surface area contributed by atoms with E-state index < -0.39 is 0 Å². The number of benzene rings is 1. The van der Waals surface area contributed by atoms with E-state index in [1.807, 2.05) is 24.3 Å². The Hall–Kier alpha value is -2.99. The summed E-state index contributed by atoms with van der Waals surface area (Å²) < 4.78 is 0. The fraction of sp³-hybridized carbons (Fsp3) is 0.111. The largest absolute Gasteiger partial charge is 0.384 e. The molecule has 0 unspecified atom stereocenters. The van der Waals surface area contributed by atoms with E-state index in [1.165, 1.54) is 0 Å². The van der Waals surface area contributed by atoms with Crippen LogP contribution in [0.5, 0.6) is 0 Å². The van der Waals surface area contributed by atoms with E-state index in [1.54, 1.807) is 18.3 Å². The Balaban J connectivity index is 1.89. The highest BCUT2D eigenvalue weighted by Crippen LogP contribution is 2.38. The van der Waals surface area contributed by atoms with Crippen LogP contribution in [0.15, 0.2) is 42.6 Å². The Morgan fingerprint density at radius 1 is 1.24 bits per heavy atom. The molecular weight excluding hydrogens is 338 g/mol. The van der Waals surface area contributed by atoms with E-state index in [0.717, 1.165) is 29.1 Å². The van der Waals surface area contributed by atoms with Crippen molar-refractivity contribution in [2.75, 3.05) is 17.6 Å². The third kappa shape index (κ3) is 2.81. The minimum absolute atomic E-state index is 0.111. The summed E-state index contributed by atoms with van der Waals surface area (Å²) in [6.45, 7) is 0.607. The number of nitrogens with one attached hydrogen (secondary N) is 3. The van der Waals surface area contributed by atoms with E-state index in [4.69, 9.17) is 17.3 Å². The van der Waals surface area contributed by atoms with Crippen molar-refractivity contribution >= 4 is 34.7 Å². The molecule has 0 saturated carbocycles. The highest BCUT2D eigenvalue weighted by molar-refractivity contribution is 6.33. The van der Waals surface area contributed by atoms with Crippen molar-refractivity contribution in [1.29, 1.82) is 0 Å². The molecule has 1 aliphatic heterocycles. The smallest absolute Gasteiger partial charge is 0.255 e. The molecule has 2 aromatic heterocycles. The molecule has 0 bridgehead atoms. The maximum Gasteiger partial charge on any atom is 0.255 e. The van der Waals surface area contributed by atoms with Gasteiger partial charge in [-0.3, -0.25) is 4.79 Å². The molecule has 25 heavy (non-hydrogen) atoms. The number of rotatable bonds is 3. The zero-order valence-electron chi connectivity index (χ0n) is 13.3. The highest BCUT2D eigenvalue weighted by atomic mass is 35.5. The number of carbonyl (C=O) groups excluding carboxylic acids is 1. The molecule has 0 fully saturated rings. The summed E-state index contributed by atoms with van der Waals surface area (Å²) in [5.41, 5.74) is 10.4. The van der Waals surface area contributed by atoms with Crippen molar-refractivity contribution < 1.29 is 4.79 Å². The summed E-state index contributed by atoms with van der Waals surface area (Å²) in [6.07, 6.45) is 2.38. The van der Waals surface area contributed by atoms with Gasteiger partial charge in [-0.15, -0.1) is 0 Å². The first kappa shape index (κ1) is 15.5. The number of nitrogens with two attached hydrogens (primary N) is 1. The van der Waals surface area contributed by atoms with Crippen molar-refractivity contribution in [2.45, 2.75) is 6.42 Å². The summed E-state index contributed by atoms with van der Waals surface area (Å²) in [4.78, 5) is 19.9. The normalized spacial score (nSPS) is 13.2. The highest BCUT2D eigenvalue weighted by Gasteiger charge is 2.27. The molecule has 3 aromatic rings. The van der Waals surface area contributed by atoms with Gasteiger partial charge >= 0.3 is 0 Å². The van der Waals surface area contributed by atoms with Gasteiger partial charge in [-0.2, -0.15) is 0 Å². The number of halogens is 1. The van der Waals surface area contributed by atoms with Gasteiger partial charge in [0, 0.05) is 30.4 Å². The molecule has 7 heteroatoms. The Bertz CT molecular complexity index is 966. The van der Waals surface area contributed by atoms with Crippen LogP contribution in [0.1, 0.15) is 16.1 Å². The number of pyridine rings is 1. The molecule has 126 valence electrons. The van der Waals surface area contributed by atoms with Crippen LogP contribution in [0.2, 0.25) is 5.02 Å². The van der Waals surface area contributed by atoms with E-state index in [9.17, 15) is 4.79 Å². The van der Waals surface area contributed by atoms with Crippen LogP contribution in [0.25, 0.3) is 11.3 Å². The number of para-hydroxylation sites is 1. The van der Waals surface area contributed by atoms with Gasteiger partial charge in [-0.1, -0.05) is 23.7 Å². The summed E-state index contributed by atoms with van der Waals surface area (Å²) >= 11 is 6.28. The molecule has 0 spiro atoms. The standard InChI is InChI=1S/C18H16ClN5O/c19-11-3-1-2-4-12(11)23-17-15-13(6-8-22-18(15)25)24-16(17)10-5-7-21-14(20)9-10/h1-5,7,9,23-24H,6,8H2,(H2,20,21)(H,22,25). The monoisotopic (exact) mass is 353 g/mol. The fourth-order valence-electron chi connectivity index (χ4n) is 3.02. The number of carbonyl (C=O) groups is 1. The maximum absolute atomic E-state index is 12.5. The van der Waals surface area contributed by atoms with E-state index in [2.05, 4.69) is 20.6 Å². The van der Waals surface area contributed by atoms with E-state index in [0.29, 0.717) is 28.6 Å². The molecule has 1 aromatic carbocycles. The lowest BCUT2D eigenvalue weighted by Crippen LogP contribution is -2.31. The third-order valence-corrected chi connectivity index (χ3v) is 4.50. The van der Waals surface area contributed by atoms with E-state index in [-0.39, 0.29) is 5.91 Å².